The van der Waals surface area contributed by atoms with Gasteiger partial charge in [-0.05, 0) is 42.3 Å². The maximum Gasteiger partial charge on any atom is 0.248 e. The summed E-state index contributed by atoms with van der Waals surface area (Å²) in [6, 6.07) is 9.32. The van der Waals surface area contributed by atoms with Crippen LogP contribution >= 0.6 is 11.6 Å². The summed E-state index contributed by atoms with van der Waals surface area (Å²) in [4.78, 5) is 20.3. The first-order chi connectivity index (χ1) is 11.2. The summed E-state index contributed by atoms with van der Waals surface area (Å²) in [6.07, 6.45) is 5.25. The van der Waals surface area contributed by atoms with Crippen molar-refractivity contribution in [2.75, 3.05) is 6.61 Å². The molecule has 0 bridgehead atoms. The predicted molar refractivity (Wildman–Crippen MR) is 88.1 cm³/mol. The second-order valence-electron chi connectivity index (χ2n) is 5.24. The van der Waals surface area contributed by atoms with Crippen LogP contribution < -0.4 is 5.48 Å². The molecule has 23 heavy (non-hydrogen) atoms. The molecular weight excluding hydrogens is 316 g/mol. The lowest BCUT2D eigenvalue weighted by Crippen LogP contribution is -2.25. The van der Waals surface area contributed by atoms with Crippen LogP contribution in [0.4, 0.5) is 0 Å². The zero-order chi connectivity index (χ0) is 16.1. The summed E-state index contributed by atoms with van der Waals surface area (Å²) in [5.74, 6) is 0.722. The number of hydroxylamine groups is 1. The lowest BCUT2D eigenvalue weighted by atomic mass is 10.1. The Morgan fingerprint density at radius 2 is 2.26 bits per heavy atom. The highest BCUT2D eigenvalue weighted by molar-refractivity contribution is 6.31. The molecule has 0 aliphatic rings. The van der Waals surface area contributed by atoms with Gasteiger partial charge in [0.15, 0.2) is 0 Å². The number of benzene rings is 1. The van der Waals surface area contributed by atoms with Crippen LogP contribution in [0.1, 0.15) is 17.7 Å². The molecular formula is C17H17ClN2O3. The Kier molecular flexibility index (Phi) is 5.00. The van der Waals surface area contributed by atoms with Crippen LogP contribution in [0.5, 0.6) is 0 Å². The molecule has 2 heterocycles. The van der Waals surface area contributed by atoms with E-state index in [9.17, 15) is 4.79 Å². The maximum atomic E-state index is 11.9. The normalized spacial score (nSPS) is 11.0. The van der Waals surface area contributed by atoms with Crippen molar-refractivity contribution in [3.8, 4) is 0 Å². The second-order valence-corrected chi connectivity index (χ2v) is 5.67. The fourth-order valence-corrected chi connectivity index (χ4v) is 2.58. The van der Waals surface area contributed by atoms with Crippen molar-refractivity contribution in [3.05, 3.63) is 59.1 Å². The standard InChI is InChI=1S/C17H17ClN2O3/c18-13-5-6-16-15(10-13)12(11-19-16)9-17(21)20-23-8-2-4-14-3-1-7-22-14/h1,3,5-7,10-11,19H,2,4,8-9H2,(H,20,21). The molecule has 0 atom stereocenters. The van der Waals surface area contributed by atoms with Gasteiger partial charge in [-0.15, -0.1) is 0 Å². The van der Waals surface area contributed by atoms with Crippen molar-refractivity contribution in [1.82, 2.24) is 10.5 Å². The van der Waals surface area contributed by atoms with Crippen LogP contribution in [0.2, 0.25) is 5.02 Å². The molecule has 1 amide bonds. The van der Waals surface area contributed by atoms with E-state index in [4.69, 9.17) is 20.9 Å². The summed E-state index contributed by atoms with van der Waals surface area (Å²) in [6.45, 7) is 0.437. The van der Waals surface area contributed by atoms with Crippen molar-refractivity contribution in [2.24, 2.45) is 0 Å². The van der Waals surface area contributed by atoms with E-state index in [0.29, 0.717) is 11.6 Å². The van der Waals surface area contributed by atoms with Crippen molar-refractivity contribution < 1.29 is 14.0 Å². The Hall–Kier alpha value is -2.24. The number of carbonyl (C=O) groups is 1. The average molecular weight is 333 g/mol. The van der Waals surface area contributed by atoms with Crippen LogP contribution in [0.25, 0.3) is 10.9 Å². The van der Waals surface area contributed by atoms with Crippen LogP contribution in [-0.2, 0) is 22.5 Å². The maximum absolute atomic E-state index is 11.9. The number of fused-ring (bicyclic) bond motifs is 1. The average Bonchev–Trinajstić information content (AvgIpc) is 3.17. The summed E-state index contributed by atoms with van der Waals surface area (Å²) < 4.78 is 5.22. The minimum absolute atomic E-state index is 0.191. The van der Waals surface area contributed by atoms with Gasteiger partial charge in [-0.3, -0.25) is 9.63 Å². The Morgan fingerprint density at radius 1 is 1.35 bits per heavy atom. The second kappa shape index (κ2) is 7.35. The van der Waals surface area contributed by atoms with Gasteiger partial charge >= 0.3 is 0 Å². The predicted octanol–water partition coefficient (Wildman–Crippen LogP) is 3.64. The van der Waals surface area contributed by atoms with Crippen molar-refractivity contribution in [3.63, 3.8) is 0 Å². The number of aromatic nitrogens is 1. The molecule has 1 aromatic carbocycles. The molecule has 6 heteroatoms. The van der Waals surface area contributed by atoms with E-state index in [1.807, 2.05) is 36.5 Å². The van der Waals surface area contributed by atoms with Crippen LogP contribution in [0.3, 0.4) is 0 Å². The molecule has 2 aromatic heterocycles. The number of amides is 1. The molecule has 0 radical (unpaired) electrons. The van der Waals surface area contributed by atoms with Crippen molar-refractivity contribution in [1.29, 1.82) is 0 Å². The Bertz CT molecular complexity index is 780. The zero-order valence-electron chi connectivity index (χ0n) is 12.5. The lowest BCUT2D eigenvalue weighted by molar-refractivity contribution is -0.132. The molecule has 0 saturated heterocycles. The SMILES string of the molecule is O=C(Cc1c[nH]c2ccc(Cl)cc12)NOCCCc1ccco1. The van der Waals surface area contributed by atoms with Crippen LogP contribution in [-0.4, -0.2) is 17.5 Å². The molecule has 2 N–H and O–H groups in total. The van der Waals surface area contributed by atoms with Gasteiger partial charge < -0.3 is 9.40 Å². The number of nitrogens with one attached hydrogen (secondary N) is 2. The smallest absolute Gasteiger partial charge is 0.248 e. The fourth-order valence-electron chi connectivity index (χ4n) is 2.41. The molecule has 120 valence electrons. The summed E-state index contributed by atoms with van der Waals surface area (Å²) >= 11 is 6.00. The largest absolute Gasteiger partial charge is 0.469 e. The van der Waals surface area contributed by atoms with E-state index >= 15 is 0 Å². The number of aryl methyl sites for hydroxylation is 1. The minimum Gasteiger partial charge on any atom is -0.469 e. The van der Waals surface area contributed by atoms with Gasteiger partial charge in [-0.2, -0.15) is 0 Å². The van der Waals surface area contributed by atoms with Crippen LogP contribution in [0, 0.1) is 0 Å². The van der Waals surface area contributed by atoms with Crippen molar-refractivity contribution in [2.45, 2.75) is 19.3 Å². The molecule has 0 aliphatic carbocycles. The number of hydrogen-bond donors (Lipinski definition) is 2. The van der Waals surface area contributed by atoms with Gasteiger partial charge in [0.25, 0.3) is 0 Å². The monoisotopic (exact) mass is 332 g/mol. The third kappa shape index (κ3) is 4.15. The topological polar surface area (TPSA) is 67.3 Å². The van der Waals surface area contributed by atoms with E-state index in [1.165, 1.54) is 0 Å². The molecule has 3 rings (SSSR count). The summed E-state index contributed by atoms with van der Waals surface area (Å²) in [5, 5.41) is 1.60. The van der Waals surface area contributed by atoms with Gasteiger partial charge in [0.1, 0.15) is 5.76 Å². The first kappa shape index (κ1) is 15.6. The first-order valence-electron chi connectivity index (χ1n) is 7.41. The van der Waals surface area contributed by atoms with E-state index in [1.54, 1.807) is 6.26 Å². The number of H-pyrrole nitrogens is 1. The molecule has 0 unspecified atom stereocenters. The quantitative estimate of drug-likeness (QED) is 0.513. The first-order valence-corrected chi connectivity index (χ1v) is 7.79. The minimum atomic E-state index is -0.191. The number of hydrogen-bond acceptors (Lipinski definition) is 3. The van der Waals surface area contributed by atoms with Gasteiger partial charge in [0.2, 0.25) is 5.91 Å². The number of furan rings is 1. The summed E-state index contributed by atoms with van der Waals surface area (Å²) in [7, 11) is 0. The lowest BCUT2D eigenvalue weighted by Gasteiger charge is -2.05. The third-order valence-electron chi connectivity index (χ3n) is 3.52. The highest BCUT2D eigenvalue weighted by Gasteiger charge is 2.09. The highest BCUT2D eigenvalue weighted by atomic mass is 35.5. The number of rotatable bonds is 7. The van der Waals surface area contributed by atoms with E-state index in [2.05, 4.69) is 10.5 Å². The van der Waals surface area contributed by atoms with E-state index in [-0.39, 0.29) is 12.3 Å². The molecule has 0 fully saturated rings. The number of aromatic amines is 1. The Balaban J connectivity index is 1.44. The van der Waals surface area contributed by atoms with Crippen molar-refractivity contribution >= 4 is 28.4 Å². The Morgan fingerprint density at radius 3 is 3.09 bits per heavy atom. The van der Waals surface area contributed by atoms with Gasteiger partial charge in [-0.25, -0.2) is 5.48 Å². The van der Waals surface area contributed by atoms with Crippen LogP contribution in [0.15, 0.2) is 47.2 Å². The molecule has 0 spiro atoms. The fraction of sp³-hybridized carbons (Fsp3) is 0.235. The zero-order valence-corrected chi connectivity index (χ0v) is 13.2. The highest BCUT2D eigenvalue weighted by Crippen LogP contribution is 2.22. The van der Waals surface area contributed by atoms with E-state index in [0.717, 1.165) is 35.1 Å². The molecule has 0 aliphatic heterocycles. The molecule has 0 saturated carbocycles. The van der Waals surface area contributed by atoms with Gasteiger partial charge in [0.05, 0.1) is 19.3 Å². The molecule has 5 nitrogen and oxygen atoms in total. The summed E-state index contributed by atoms with van der Waals surface area (Å²) in [5.41, 5.74) is 4.31. The van der Waals surface area contributed by atoms with Gasteiger partial charge in [-0.1, -0.05) is 11.6 Å². The third-order valence-corrected chi connectivity index (χ3v) is 3.75. The number of carbonyl (C=O) groups excluding carboxylic acids is 1. The molecule has 3 aromatic rings. The van der Waals surface area contributed by atoms with Gasteiger partial charge in [0, 0.05) is 28.5 Å². The van der Waals surface area contributed by atoms with E-state index < -0.39 is 0 Å². The number of halogens is 1. The Labute approximate surface area is 138 Å².